The molecular weight excluding hydrogens is 290 g/mol. The minimum Gasteiger partial charge on any atom is -0.493 e. The van der Waals surface area contributed by atoms with Gasteiger partial charge in [0.05, 0.1) is 31.4 Å². The molecule has 112 valence electrons. The van der Waals surface area contributed by atoms with E-state index in [0.29, 0.717) is 28.7 Å². The zero-order chi connectivity index (χ0) is 15.4. The fourth-order valence-electron chi connectivity index (χ4n) is 1.89. The number of nitrogen functional groups attached to an aromatic ring is 1. The number of hydrogen-bond donors (Lipinski definition) is 2. The number of aromatic nitrogens is 1. The van der Waals surface area contributed by atoms with Gasteiger partial charge in [-0.15, -0.1) is 11.3 Å². The van der Waals surface area contributed by atoms with Gasteiger partial charge in [0.25, 0.3) is 0 Å². The Hall–Kier alpha value is -2.12. The molecule has 0 aliphatic heterocycles. The molecule has 6 nitrogen and oxygen atoms in total. The van der Waals surface area contributed by atoms with Crippen molar-refractivity contribution < 1.29 is 14.2 Å². The van der Waals surface area contributed by atoms with E-state index in [9.17, 15) is 0 Å². The number of rotatable bonds is 6. The van der Waals surface area contributed by atoms with Crippen LogP contribution in [0.1, 0.15) is 10.6 Å². The van der Waals surface area contributed by atoms with E-state index in [1.807, 2.05) is 18.2 Å². The molecule has 0 bridgehead atoms. The van der Waals surface area contributed by atoms with Crippen molar-refractivity contribution >= 4 is 17.2 Å². The van der Waals surface area contributed by atoms with Gasteiger partial charge in [-0.1, -0.05) is 0 Å². The number of benzene rings is 1. The van der Waals surface area contributed by atoms with Crippen molar-refractivity contribution in [1.82, 2.24) is 4.98 Å². The normalized spacial score (nSPS) is 10.4. The Morgan fingerprint density at radius 2 is 1.95 bits per heavy atom. The van der Waals surface area contributed by atoms with Crippen molar-refractivity contribution in [2.75, 3.05) is 21.3 Å². The van der Waals surface area contributed by atoms with E-state index in [-0.39, 0.29) is 5.84 Å². The van der Waals surface area contributed by atoms with Crippen molar-refractivity contribution in [2.45, 2.75) is 6.61 Å². The third-order valence-electron chi connectivity index (χ3n) is 2.85. The zero-order valence-electron chi connectivity index (χ0n) is 12.1. The number of ether oxygens (including phenoxy) is 3. The molecule has 7 heteroatoms. The number of nitrogens with one attached hydrogen (secondary N) is 1. The Balaban J connectivity index is 2.46. The summed E-state index contributed by atoms with van der Waals surface area (Å²) in [5.41, 5.74) is 7.14. The van der Waals surface area contributed by atoms with Crippen molar-refractivity contribution in [3.8, 4) is 22.1 Å². The van der Waals surface area contributed by atoms with Gasteiger partial charge >= 0.3 is 0 Å². The lowest BCUT2D eigenvalue weighted by Crippen LogP contribution is -2.11. The van der Waals surface area contributed by atoms with E-state index in [0.717, 1.165) is 10.6 Å². The fourth-order valence-corrected chi connectivity index (χ4v) is 2.82. The number of amidine groups is 1. The fraction of sp³-hybridized carbons (Fsp3) is 0.286. The molecule has 0 atom stereocenters. The minimum atomic E-state index is -0.00808. The number of nitrogens with two attached hydrogens (primary N) is 1. The smallest absolute Gasteiger partial charge is 0.161 e. The number of hydrogen-bond acceptors (Lipinski definition) is 6. The van der Waals surface area contributed by atoms with Crippen LogP contribution in [0, 0.1) is 5.41 Å². The first-order chi connectivity index (χ1) is 10.1. The molecule has 0 amide bonds. The largest absolute Gasteiger partial charge is 0.493 e. The molecule has 0 aliphatic carbocycles. The topological polar surface area (TPSA) is 90.5 Å². The van der Waals surface area contributed by atoms with Crippen LogP contribution in [0.4, 0.5) is 0 Å². The standard InChI is InChI=1S/C14H17N3O3S/c1-18-7-9-12(13(15)16)21-14(17-9)8-4-5-10(19-2)11(6-8)20-3/h4-6H,7H2,1-3H3,(H3,15,16). The predicted octanol–water partition coefficient (Wildman–Crippen LogP) is 2.26. The van der Waals surface area contributed by atoms with Gasteiger partial charge in [0.15, 0.2) is 11.5 Å². The highest BCUT2D eigenvalue weighted by Crippen LogP contribution is 2.35. The molecular formula is C14H17N3O3S. The predicted molar refractivity (Wildman–Crippen MR) is 82.4 cm³/mol. The summed E-state index contributed by atoms with van der Waals surface area (Å²) in [6.07, 6.45) is 0. The van der Waals surface area contributed by atoms with Gasteiger partial charge < -0.3 is 19.9 Å². The lowest BCUT2D eigenvalue weighted by atomic mass is 10.2. The second-order valence-corrected chi connectivity index (χ2v) is 5.21. The molecule has 2 rings (SSSR count). The SMILES string of the molecule is COCc1nc(-c2ccc(OC)c(OC)c2)sc1C(=N)N. The van der Waals surface area contributed by atoms with Gasteiger partial charge in [-0.3, -0.25) is 5.41 Å². The molecule has 21 heavy (non-hydrogen) atoms. The summed E-state index contributed by atoms with van der Waals surface area (Å²) in [5.74, 6) is 1.27. The highest BCUT2D eigenvalue weighted by Gasteiger charge is 2.16. The lowest BCUT2D eigenvalue weighted by molar-refractivity contribution is 0.182. The number of methoxy groups -OCH3 is 3. The van der Waals surface area contributed by atoms with E-state index in [1.54, 1.807) is 21.3 Å². The Morgan fingerprint density at radius 3 is 2.52 bits per heavy atom. The molecule has 0 saturated carbocycles. The molecule has 0 aliphatic rings. The van der Waals surface area contributed by atoms with Crippen LogP contribution in [0.25, 0.3) is 10.6 Å². The summed E-state index contributed by atoms with van der Waals surface area (Å²) < 4.78 is 15.6. The average molecular weight is 307 g/mol. The van der Waals surface area contributed by atoms with Crippen molar-refractivity contribution in [3.63, 3.8) is 0 Å². The Bertz CT molecular complexity index is 655. The van der Waals surface area contributed by atoms with E-state index < -0.39 is 0 Å². The average Bonchev–Trinajstić information content (AvgIpc) is 2.91. The van der Waals surface area contributed by atoms with Gasteiger partial charge in [0, 0.05) is 12.7 Å². The molecule has 2 aromatic rings. The summed E-state index contributed by atoms with van der Waals surface area (Å²) in [4.78, 5) is 5.13. The van der Waals surface area contributed by atoms with Crippen molar-refractivity contribution in [2.24, 2.45) is 5.73 Å². The lowest BCUT2D eigenvalue weighted by Gasteiger charge is -2.08. The Kier molecular flexibility index (Phi) is 4.77. The summed E-state index contributed by atoms with van der Waals surface area (Å²) in [6.45, 7) is 0.318. The van der Waals surface area contributed by atoms with Crippen LogP contribution < -0.4 is 15.2 Å². The van der Waals surface area contributed by atoms with Crippen LogP contribution >= 0.6 is 11.3 Å². The Morgan fingerprint density at radius 1 is 1.24 bits per heavy atom. The van der Waals surface area contributed by atoms with Crippen molar-refractivity contribution in [3.05, 3.63) is 28.8 Å². The second kappa shape index (κ2) is 6.55. The Labute approximate surface area is 127 Å². The van der Waals surface area contributed by atoms with Crippen molar-refractivity contribution in [1.29, 1.82) is 5.41 Å². The molecule has 0 saturated heterocycles. The van der Waals surface area contributed by atoms with Gasteiger partial charge in [0.1, 0.15) is 10.8 Å². The van der Waals surface area contributed by atoms with Gasteiger partial charge in [-0.2, -0.15) is 0 Å². The monoisotopic (exact) mass is 307 g/mol. The molecule has 3 N–H and O–H groups in total. The van der Waals surface area contributed by atoms with Crippen LogP contribution in [0.3, 0.4) is 0 Å². The molecule has 0 fully saturated rings. The highest BCUT2D eigenvalue weighted by atomic mass is 32.1. The first-order valence-electron chi connectivity index (χ1n) is 6.16. The summed E-state index contributed by atoms with van der Waals surface area (Å²) >= 11 is 1.36. The summed E-state index contributed by atoms with van der Waals surface area (Å²) in [5, 5.41) is 8.38. The highest BCUT2D eigenvalue weighted by molar-refractivity contribution is 7.17. The maximum atomic E-state index is 7.62. The van der Waals surface area contributed by atoms with Crippen LogP contribution in [0.2, 0.25) is 0 Å². The van der Waals surface area contributed by atoms with Crippen LogP contribution in [-0.4, -0.2) is 32.1 Å². The first-order valence-corrected chi connectivity index (χ1v) is 6.97. The number of nitrogens with zero attached hydrogens (tertiary/aromatic N) is 1. The molecule has 0 radical (unpaired) electrons. The summed E-state index contributed by atoms with van der Waals surface area (Å²) in [7, 11) is 4.76. The van der Waals surface area contributed by atoms with Crippen LogP contribution in [0.5, 0.6) is 11.5 Å². The van der Waals surface area contributed by atoms with E-state index in [2.05, 4.69) is 4.98 Å². The van der Waals surface area contributed by atoms with E-state index in [4.69, 9.17) is 25.4 Å². The van der Waals surface area contributed by atoms with E-state index >= 15 is 0 Å². The zero-order valence-corrected chi connectivity index (χ0v) is 12.9. The second-order valence-electron chi connectivity index (χ2n) is 4.21. The maximum absolute atomic E-state index is 7.62. The third-order valence-corrected chi connectivity index (χ3v) is 4.03. The minimum absolute atomic E-state index is 0.00808. The molecule has 1 heterocycles. The molecule has 0 unspecified atom stereocenters. The maximum Gasteiger partial charge on any atom is 0.161 e. The summed E-state index contributed by atoms with van der Waals surface area (Å²) in [6, 6.07) is 5.55. The first kappa shape index (κ1) is 15.3. The van der Waals surface area contributed by atoms with Crippen LogP contribution in [0.15, 0.2) is 18.2 Å². The van der Waals surface area contributed by atoms with Gasteiger partial charge in [-0.05, 0) is 18.2 Å². The number of thiazole rings is 1. The molecule has 0 spiro atoms. The third kappa shape index (κ3) is 3.14. The van der Waals surface area contributed by atoms with Gasteiger partial charge in [-0.25, -0.2) is 4.98 Å². The quantitative estimate of drug-likeness (QED) is 0.631. The van der Waals surface area contributed by atoms with Crippen LogP contribution in [-0.2, 0) is 11.3 Å². The van der Waals surface area contributed by atoms with E-state index in [1.165, 1.54) is 11.3 Å². The molecule has 1 aromatic heterocycles. The molecule has 1 aromatic carbocycles. The van der Waals surface area contributed by atoms with Gasteiger partial charge in [0.2, 0.25) is 0 Å².